The molecule has 4 nitrogen and oxygen atoms in total. The largest absolute Gasteiger partial charge is 0.497 e. The molecule has 0 aromatic heterocycles. The van der Waals surface area contributed by atoms with Gasteiger partial charge in [0.25, 0.3) is 0 Å². The third kappa shape index (κ3) is 2.13. The van der Waals surface area contributed by atoms with Gasteiger partial charge >= 0.3 is 0 Å². The number of ether oxygens (including phenoxy) is 3. The molecule has 1 heterocycles. The van der Waals surface area contributed by atoms with E-state index in [0.29, 0.717) is 12.6 Å². The fourth-order valence-electron chi connectivity index (χ4n) is 1.82. The highest BCUT2D eigenvalue weighted by atomic mass is 16.5. The molecule has 1 aromatic carbocycles. The van der Waals surface area contributed by atoms with Crippen molar-refractivity contribution in [3.05, 3.63) is 23.8 Å². The van der Waals surface area contributed by atoms with Crippen LogP contribution in [0.15, 0.2) is 18.2 Å². The first-order valence-electron chi connectivity index (χ1n) is 5.34. The highest BCUT2D eigenvalue weighted by Gasteiger charge is 2.25. The van der Waals surface area contributed by atoms with E-state index in [9.17, 15) is 0 Å². The summed E-state index contributed by atoms with van der Waals surface area (Å²) in [6.07, 6.45) is -0.111. The first-order chi connectivity index (χ1) is 7.74. The minimum atomic E-state index is -0.111. The van der Waals surface area contributed by atoms with Crippen molar-refractivity contribution in [3.63, 3.8) is 0 Å². The van der Waals surface area contributed by atoms with Crippen molar-refractivity contribution in [3.8, 4) is 11.5 Å². The monoisotopic (exact) mass is 223 g/mol. The number of rotatable bonds is 3. The van der Waals surface area contributed by atoms with Crippen LogP contribution >= 0.6 is 0 Å². The lowest BCUT2D eigenvalue weighted by Crippen LogP contribution is -2.22. The fraction of sp³-hybridized carbons (Fsp3) is 0.500. The zero-order chi connectivity index (χ0) is 11.5. The number of hydrogen-bond donors (Lipinski definition) is 1. The Morgan fingerprint density at radius 3 is 2.69 bits per heavy atom. The van der Waals surface area contributed by atoms with Crippen molar-refractivity contribution < 1.29 is 14.2 Å². The van der Waals surface area contributed by atoms with E-state index in [2.05, 4.69) is 12.2 Å². The number of methoxy groups -OCH3 is 2. The van der Waals surface area contributed by atoms with Crippen LogP contribution in [0.1, 0.15) is 18.7 Å². The minimum absolute atomic E-state index is 0.111. The van der Waals surface area contributed by atoms with E-state index in [1.807, 2.05) is 18.2 Å². The van der Waals surface area contributed by atoms with Crippen LogP contribution in [0, 0.1) is 0 Å². The van der Waals surface area contributed by atoms with Gasteiger partial charge in [0.15, 0.2) is 0 Å². The van der Waals surface area contributed by atoms with E-state index in [-0.39, 0.29) is 6.23 Å². The first kappa shape index (κ1) is 11.2. The van der Waals surface area contributed by atoms with Crippen LogP contribution in [0.2, 0.25) is 0 Å². The second kappa shape index (κ2) is 4.72. The molecule has 1 N–H and O–H groups in total. The third-order valence-corrected chi connectivity index (χ3v) is 2.67. The Hall–Kier alpha value is -1.26. The van der Waals surface area contributed by atoms with Gasteiger partial charge in [0, 0.05) is 11.6 Å². The normalized spacial score (nSPS) is 24.4. The molecule has 88 valence electrons. The topological polar surface area (TPSA) is 39.7 Å². The summed E-state index contributed by atoms with van der Waals surface area (Å²) in [6.45, 7) is 2.80. The van der Waals surface area contributed by atoms with E-state index >= 15 is 0 Å². The van der Waals surface area contributed by atoms with Crippen molar-refractivity contribution in [1.29, 1.82) is 0 Å². The second-order valence-corrected chi connectivity index (χ2v) is 3.89. The predicted octanol–water partition coefficient (Wildman–Crippen LogP) is 1.71. The lowest BCUT2D eigenvalue weighted by molar-refractivity contribution is 0.0984. The third-order valence-electron chi connectivity index (χ3n) is 2.67. The average molecular weight is 223 g/mol. The molecule has 0 radical (unpaired) electrons. The van der Waals surface area contributed by atoms with Crippen LogP contribution < -0.4 is 14.8 Å². The fourth-order valence-corrected chi connectivity index (χ4v) is 1.82. The van der Waals surface area contributed by atoms with Gasteiger partial charge in [-0.25, -0.2) is 0 Å². The zero-order valence-electron chi connectivity index (χ0n) is 9.82. The second-order valence-electron chi connectivity index (χ2n) is 3.89. The number of nitrogens with one attached hydrogen (secondary N) is 1. The van der Waals surface area contributed by atoms with E-state index in [1.54, 1.807) is 14.2 Å². The molecule has 1 aliphatic heterocycles. The molecule has 0 bridgehead atoms. The molecule has 2 unspecified atom stereocenters. The molecule has 0 spiro atoms. The average Bonchev–Trinajstić information content (AvgIpc) is 2.75. The molecule has 1 fully saturated rings. The van der Waals surface area contributed by atoms with Crippen LogP contribution in [0.25, 0.3) is 0 Å². The Kier molecular flexibility index (Phi) is 3.31. The summed E-state index contributed by atoms with van der Waals surface area (Å²) >= 11 is 0. The standard InChI is InChI=1S/C12H17NO3/c1-8-7-16-12(13-8)10-6-9(14-2)4-5-11(10)15-3/h4-6,8,12-13H,7H2,1-3H3. The molecule has 2 rings (SSSR count). The maximum Gasteiger partial charge on any atom is 0.138 e. The Labute approximate surface area is 95.5 Å². The van der Waals surface area contributed by atoms with Crippen molar-refractivity contribution in [2.75, 3.05) is 20.8 Å². The Morgan fingerprint density at radius 2 is 2.12 bits per heavy atom. The lowest BCUT2D eigenvalue weighted by atomic mass is 10.1. The van der Waals surface area contributed by atoms with Crippen molar-refractivity contribution in [2.45, 2.75) is 19.2 Å². The molecule has 0 amide bonds. The number of benzene rings is 1. The Morgan fingerprint density at radius 1 is 1.31 bits per heavy atom. The Balaban J connectivity index is 2.29. The molecule has 0 saturated carbocycles. The van der Waals surface area contributed by atoms with Gasteiger partial charge in [0.1, 0.15) is 17.7 Å². The quantitative estimate of drug-likeness (QED) is 0.846. The first-order valence-corrected chi connectivity index (χ1v) is 5.34. The Bertz CT molecular complexity index is 367. The van der Waals surface area contributed by atoms with E-state index < -0.39 is 0 Å². The summed E-state index contributed by atoms with van der Waals surface area (Å²) in [5.41, 5.74) is 0.978. The van der Waals surface area contributed by atoms with Crippen LogP contribution in [0.3, 0.4) is 0 Å². The highest BCUT2D eigenvalue weighted by molar-refractivity contribution is 5.41. The number of hydrogen-bond acceptors (Lipinski definition) is 4. The van der Waals surface area contributed by atoms with Crippen LogP contribution in [-0.4, -0.2) is 26.9 Å². The van der Waals surface area contributed by atoms with Gasteiger partial charge in [-0.15, -0.1) is 0 Å². The molecule has 1 aliphatic rings. The van der Waals surface area contributed by atoms with Crippen LogP contribution in [0.5, 0.6) is 11.5 Å². The van der Waals surface area contributed by atoms with Gasteiger partial charge in [-0.2, -0.15) is 0 Å². The summed E-state index contributed by atoms with van der Waals surface area (Å²) in [6, 6.07) is 6.07. The molecule has 4 heteroatoms. The molecule has 1 aromatic rings. The minimum Gasteiger partial charge on any atom is -0.497 e. The maximum absolute atomic E-state index is 5.65. The SMILES string of the molecule is COc1ccc(OC)c(C2NC(C)CO2)c1. The van der Waals surface area contributed by atoms with Gasteiger partial charge in [-0.05, 0) is 25.1 Å². The summed E-state index contributed by atoms with van der Waals surface area (Å²) in [5, 5.41) is 3.34. The zero-order valence-corrected chi connectivity index (χ0v) is 9.82. The van der Waals surface area contributed by atoms with Gasteiger partial charge < -0.3 is 14.2 Å². The molecule has 1 saturated heterocycles. The van der Waals surface area contributed by atoms with Crippen LogP contribution in [0.4, 0.5) is 0 Å². The molecule has 2 atom stereocenters. The van der Waals surface area contributed by atoms with Crippen LogP contribution in [-0.2, 0) is 4.74 Å². The van der Waals surface area contributed by atoms with Gasteiger partial charge in [0.2, 0.25) is 0 Å². The van der Waals surface area contributed by atoms with Crippen molar-refractivity contribution in [1.82, 2.24) is 5.32 Å². The van der Waals surface area contributed by atoms with E-state index in [0.717, 1.165) is 17.1 Å². The summed E-state index contributed by atoms with van der Waals surface area (Å²) < 4.78 is 16.2. The van der Waals surface area contributed by atoms with Gasteiger partial charge in [-0.1, -0.05) is 0 Å². The highest BCUT2D eigenvalue weighted by Crippen LogP contribution is 2.32. The van der Waals surface area contributed by atoms with Crippen molar-refractivity contribution >= 4 is 0 Å². The lowest BCUT2D eigenvalue weighted by Gasteiger charge is -2.16. The van der Waals surface area contributed by atoms with E-state index in [1.165, 1.54) is 0 Å². The summed E-state index contributed by atoms with van der Waals surface area (Å²) in [5.74, 6) is 1.62. The van der Waals surface area contributed by atoms with Gasteiger partial charge in [-0.3, -0.25) is 5.32 Å². The molecular formula is C12H17NO3. The summed E-state index contributed by atoms with van der Waals surface area (Å²) in [7, 11) is 3.31. The smallest absolute Gasteiger partial charge is 0.138 e. The summed E-state index contributed by atoms with van der Waals surface area (Å²) in [4.78, 5) is 0. The molecule has 16 heavy (non-hydrogen) atoms. The van der Waals surface area contributed by atoms with E-state index in [4.69, 9.17) is 14.2 Å². The predicted molar refractivity (Wildman–Crippen MR) is 60.8 cm³/mol. The molecular weight excluding hydrogens is 206 g/mol. The molecule has 0 aliphatic carbocycles. The maximum atomic E-state index is 5.65. The van der Waals surface area contributed by atoms with Crippen molar-refractivity contribution in [2.24, 2.45) is 0 Å². The van der Waals surface area contributed by atoms with Gasteiger partial charge in [0.05, 0.1) is 20.8 Å².